The number of thioether (sulfide) groups is 1. The lowest BCUT2D eigenvalue weighted by molar-refractivity contribution is 0.608. The van der Waals surface area contributed by atoms with Crippen molar-refractivity contribution in [3.05, 3.63) is 24.0 Å². The summed E-state index contributed by atoms with van der Waals surface area (Å²) in [5, 5.41) is 0.492. The second-order valence-electron chi connectivity index (χ2n) is 3.75. The average Bonchev–Trinajstić information content (AvgIpc) is 2.17. The fraction of sp³-hybridized carbons (Fsp3) is 0.455. The minimum Gasteiger partial charge on any atom is -0.366 e. The maximum absolute atomic E-state index is 13.7. The number of nitrogens with zero attached hydrogens (tertiary/aromatic N) is 1. The SMILES string of the molecule is CC1CN(CCN)c2c(F)cccc2S1. The Morgan fingerprint density at radius 2 is 2.40 bits per heavy atom. The van der Waals surface area contributed by atoms with Crippen molar-refractivity contribution in [3.8, 4) is 0 Å². The molecule has 82 valence electrons. The molecule has 15 heavy (non-hydrogen) atoms. The van der Waals surface area contributed by atoms with Crippen LogP contribution in [0.1, 0.15) is 6.92 Å². The third-order valence-electron chi connectivity index (χ3n) is 2.47. The van der Waals surface area contributed by atoms with E-state index in [2.05, 4.69) is 6.92 Å². The molecule has 1 aromatic carbocycles. The van der Waals surface area contributed by atoms with Gasteiger partial charge in [0, 0.05) is 29.8 Å². The van der Waals surface area contributed by atoms with E-state index in [1.54, 1.807) is 17.8 Å². The van der Waals surface area contributed by atoms with Gasteiger partial charge in [0.05, 0.1) is 5.69 Å². The molecule has 1 aliphatic rings. The van der Waals surface area contributed by atoms with Gasteiger partial charge in [0.1, 0.15) is 5.82 Å². The van der Waals surface area contributed by atoms with Crippen LogP contribution in [0.5, 0.6) is 0 Å². The van der Waals surface area contributed by atoms with E-state index in [0.717, 1.165) is 23.7 Å². The first-order valence-corrected chi connectivity index (χ1v) is 6.00. The predicted octanol–water partition coefficient (Wildman–Crippen LogP) is 2.08. The van der Waals surface area contributed by atoms with Crippen LogP contribution in [0.3, 0.4) is 0 Å². The molecule has 2 rings (SSSR count). The van der Waals surface area contributed by atoms with E-state index in [1.807, 2.05) is 11.0 Å². The molecule has 0 amide bonds. The summed E-state index contributed by atoms with van der Waals surface area (Å²) in [4.78, 5) is 3.08. The highest BCUT2D eigenvalue weighted by molar-refractivity contribution is 8.00. The fourth-order valence-electron chi connectivity index (χ4n) is 1.91. The maximum Gasteiger partial charge on any atom is 0.147 e. The summed E-state index contributed by atoms with van der Waals surface area (Å²) < 4.78 is 13.7. The van der Waals surface area contributed by atoms with Gasteiger partial charge in [0.15, 0.2) is 0 Å². The molecule has 2 N–H and O–H groups in total. The predicted molar refractivity (Wildman–Crippen MR) is 63.0 cm³/mol. The van der Waals surface area contributed by atoms with Crippen molar-refractivity contribution < 1.29 is 4.39 Å². The van der Waals surface area contributed by atoms with Gasteiger partial charge in [-0.25, -0.2) is 4.39 Å². The highest BCUT2D eigenvalue weighted by Crippen LogP contribution is 2.39. The van der Waals surface area contributed by atoms with Crippen LogP contribution in [0.4, 0.5) is 10.1 Å². The smallest absolute Gasteiger partial charge is 0.147 e. The zero-order valence-electron chi connectivity index (χ0n) is 8.74. The molecule has 0 bridgehead atoms. The van der Waals surface area contributed by atoms with Gasteiger partial charge in [0.25, 0.3) is 0 Å². The van der Waals surface area contributed by atoms with Crippen LogP contribution in [0, 0.1) is 5.82 Å². The monoisotopic (exact) mass is 226 g/mol. The summed E-state index contributed by atoms with van der Waals surface area (Å²) in [6.45, 7) is 4.31. The van der Waals surface area contributed by atoms with Crippen molar-refractivity contribution in [2.45, 2.75) is 17.1 Å². The van der Waals surface area contributed by atoms with Crippen LogP contribution in [-0.2, 0) is 0 Å². The first kappa shape index (κ1) is 10.8. The van der Waals surface area contributed by atoms with E-state index >= 15 is 0 Å². The average molecular weight is 226 g/mol. The molecule has 1 aliphatic heterocycles. The van der Waals surface area contributed by atoms with E-state index in [1.165, 1.54) is 6.07 Å². The second-order valence-corrected chi connectivity index (χ2v) is 5.23. The molecule has 1 atom stereocenters. The highest BCUT2D eigenvalue weighted by atomic mass is 32.2. The van der Waals surface area contributed by atoms with Crippen molar-refractivity contribution in [3.63, 3.8) is 0 Å². The van der Waals surface area contributed by atoms with Crippen molar-refractivity contribution in [2.75, 3.05) is 24.5 Å². The van der Waals surface area contributed by atoms with Crippen molar-refractivity contribution >= 4 is 17.4 Å². The maximum atomic E-state index is 13.7. The number of fused-ring (bicyclic) bond motifs is 1. The topological polar surface area (TPSA) is 29.3 Å². The third-order valence-corrected chi connectivity index (χ3v) is 3.61. The van der Waals surface area contributed by atoms with Gasteiger partial charge in [-0.05, 0) is 12.1 Å². The van der Waals surface area contributed by atoms with E-state index in [0.29, 0.717) is 11.8 Å². The number of anilines is 1. The van der Waals surface area contributed by atoms with Gasteiger partial charge in [0.2, 0.25) is 0 Å². The first-order chi connectivity index (χ1) is 7.22. The van der Waals surface area contributed by atoms with Crippen molar-refractivity contribution in [1.82, 2.24) is 0 Å². The van der Waals surface area contributed by atoms with Crippen LogP contribution >= 0.6 is 11.8 Å². The zero-order chi connectivity index (χ0) is 10.8. The molecule has 1 heterocycles. The number of hydrogen-bond acceptors (Lipinski definition) is 3. The zero-order valence-corrected chi connectivity index (χ0v) is 9.56. The molecular formula is C11H15FN2S. The molecule has 0 saturated carbocycles. The van der Waals surface area contributed by atoms with E-state index in [-0.39, 0.29) is 5.82 Å². The Labute approximate surface area is 93.6 Å². The third kappa shape index (κ3) is 2.11. The Balaban J connectivity index is 2.38. The molecule has 1 aromatic rings. The summed E-state index contributed by atoms with van der Waals surface area (Å²) in [7, 11) is 0. The molecule has 0 radical (unpaired) electrons. The molecule has 0 fully saturated rings. The number of hydrogen-bond donors (Lipinski definition) is 1. The van der Waals surface area contributed by atoms with Gasteiger partial charge in [-0.2, -0.15) is 0 Å². The van der Waals surface area contributed by atoms with Crippen LogP contribution in [-0.4, -0.2) is 24.9 Å². The Bertz CT molecular complexity index is 356. The van der Waals surface area contributed by atoms with Crippen LogP contribution in [0.15, 0.2) is 23.1 Å². The second kappa shape index (κ2) is 4.41. The lowest BCUT2D eigenvalue weighted by Gasteiger charge is -2.34. The standard InChI is InChI=1S/C11H15FN2S/c1-8-7-14(6-5-13)11-9(12)3-2-4-10(11)15-8/h2-4,8H,5-7,13H2,1H3. The summed E-state index contributed by atoms with van der Waals surface area (Å²) in [5.41, 5.74) is 6.27. The minimum atomic E-state index is -0.139. The number of para-hydroxylation sites is 1. The van der Waals surface area contributed by atoms with Gasteiger partial charge in [-0.1, -0.05) is 13.0 Å². The first-order valence-electron chi connectivity index (χ1n) is 5.12. The van der Waals surface area contributed by atoms with Gasteiger partial charge in [-0.15, -0.1) is 11.8 Å². The summed E-state index contributed by atoms with van der Waals surface area (Å²) in [5.74, 6) is -0.139. The Morgan fingerprint density at radius 1 is 1.60 bits per heavy atom. The quantitative estimate of drug-likeness (QED) is 0.837. The Morgan fingerprint density at radius 3 is 3.13 bits per heavy atom. The minimum absolute atomic E-state index is 0.139. The molecule has 4 heteroatoms. The van der Waals surface area contributed by atoms with Crippen LogP contribution in [0.2, 0.25) is 0 Å². The van der Waals surface area contributed by atoms with Crippen LogP contribution in [0.25, 0.3) is 0 Å². The summed E-state index contributed by atoms with van der Waals surface area (Å²) in [6, 6.07) is 5.25. The van der Waals surface area contributed by atoms with Gasteiger partial charge in [-0.3, -0.25) is 0 Å². The number of nitrogens with two attached hydrogens (primary N) is 1. The van der Waals surface area contributed by atoms with E-state index < -0.39 is 0 Å². The van der Waals surface area contributed by atoms with Crippen molar-refractivity contribution in [2.24, 2.45) is 5.73 Å². The molecule has 1 unspecified atom stereocenters. The lowest BCUT2D eigenvalue weighted by atomic mass is 10.2. The molecule has 0 aromatic heterocycles. The van der Waals surface area contributed by atoms with E-state index in [9.17, 15) is 4.39 Å². The van der Waals surface area contributed by atoms with Crippen molar-refractivity contribution in [1.29, 1.82) is 0 Å². The van der Waals surface area contributed by atoms with Gasteiger partial charge < -0.3 is 10.6 Å². The summed E-state index contributed by atoms with van der Waals surface area (Å²) >= 11 is 1.73. The number of rotatable bonds is 2. The van der Waals surface area contributed by atoms with Gasteiger partial charge >= 0.3 is 0 Å². The Hall–Kier alpha value is -0.740. The molecule has 0 spiro atoms. The molecule has 2 nitrogen and oxygen atoms in total. The lowest BCUT2D eigenvalue weighted by Crippen LogP contribution is -2.37. The normalized spacial score (nSPS) is 20.2. The number of benzene rings is 1. The summed E-state index contributed by atoms with van der Waals surface area (Å²) in [6.07, 6.45) is 0. The number of halogens is 1. The highest BCUT2D eigenvalue weighted by Gasteiger charge is 2.24. The molecular weight excluding hydrogens is 211 g/mol. The Kier molecular flexibility index (Phi) is 3.17. The largest absolute Gasteiger partial charge is 0.366 e. The van der Waals surface area contributed by atoms with E-state index in [4.69, 9.17) is 5.73 Å². The molecule has 0 saturated heterocycles. The molecule has 0 aliphatic carbocycles. The van der Waals surface area contributed by atoms with Crippen LogP contribution < -0.4 is 10.6 Å². The fourth-order valence-corrected chi connectivity index (χ4v) is 3.10.